The van der Waals surface area contributed by atoms with Gasteiger partial charge >= 0.3 is 0 Å². The molecule has 1 fully saturated rings. The third-order valence-corrected chi connectivity index (χ3v) is 3.96. The molecular weight excluding hydrogens is 204 g/mol. The average molecular weight is 224 g/mol. The Kier molecular flexibility index (Phi) is 3.78. The van der Waals surface area contributed by atoms with Crippen molar-refractivity contribution < 1.29 is 0 Å². The molecule has 1 aliphatic rings. The standard InChI is InChI=1S/C12H20N2S/c1-11(2)14-7-5-13(6-8-14)10-12-4-3-9-15-12/h3-4,9,11H,5-8,10H2,1-2H3. The molecule has 0 saturated carbocycles. The topological polar surface area (TPSA) is 6.48 Å². The van der Waals surface area contributed by atoms with Crippen molar-refractivity contribution in [2.75, 3.05) is 26.2 Å². The number of hydrogen-bond donors (Lipinski definition) is 0. The zero-order valence-electron chi connectivity index (χ0n) is 9.65. The van der Waals surface area contributed by atoms with Crippen molar-refractivity contribution in [3.05, 3.63) is 22.4 Å². The van der Waals surface area contributed by atoms with Crippen molar-refractivity contribution in [2.24, 2.45) is 0 Å². The van der Waals surface area contributed by atoms with Gasteiger partial charge in [-0.1, -0.05) is 6.07 Å². The number of hydrogen-bond acceptors (Lipinski definition) is 3. The molecule has 2 heterocycles. The Morgan fingerprint density at radius 3 is 2.53 bits per heavy atom. The molecule has 84 valence electrons. The van der Waals surface area contributed by atoms with Crippen LogP contribution in [0.1, 0.15) is 18.7 Å². The van der Waals surface area contributed by atoms with Gasteiger partial charge in [0.15, 0.2) is 0 Å². The van der Waals surface area contributed by atoms with Crippen molar-refractivity contribution in [3.8, 4) is 0 Å². The van der Waals surface area contributed by atoms with E-state index < -0.39 is 0 Å². The van der Waals surface area contributed by atoms with E-state index in [9.17, 15) is 0 Å². The lowest BCUT2D eigenvalue weighted by molar-refractivity contribution is 0.105. The molecule has 0 aliphatic carbocycles. The highest BCUT2D eigenvalue weighted by Gasteiger charge is 2.18. The number of rotatable bonds is 3. The van der Waals surface area contributed by atoms with Crippen LogP contribution in [0.2, 0.25) is 0 Å². The monoisotopic (exact) mass is 224 g/mol. The Morgan fingerprint density at radius 2 is 2.00 bits per heavy atom. The normalized spacial score (nSPS) is 19.9. The SMILES string of the molecule is CC(C)N1CCN(Cc2cccs2)CC1. The van der Waals surface area contributed by atoms with E-state index in [4.69, 9.17) is 0 Å². The number of nitrogens with zero attached hydrogens (tertiary/aromatic N) is 2. The third kappa shape index (κ3) is 3.03. The predicted molar refractivity (Wildman–Crippen MR) is 66.3 cm³/mol. The first kappa shape index (κ1) is 11.1. The molecule has 1 aromatic heterocycles. The average Bonchev–Trinajstić information content (AvgIpc) is 2.71. The van der Waals surface area contributed by atoms with Crippen LogP contribution in [-0.4, -0.2) is 42.0 Å². The van der Waals surface area contributed by atoms with Crippen LogP contribution in [0.4, 0.5) is 0 Å². The molecule has 0 spiro atoms. The highest BCUT2D eigenvalue weighted by atomic mass is 32.1. The second kappa shape index (κ2) is 5.10. The van der Waals surface area contributed by atoms with Crippen LogP contribution in [0.15, 0.2) is 17.5 Å². The molecule has 1 aromatic rings. The first-order chi connectivity index (χ1) is 7.25. The minimum absolute atomic E-state index is 0.703. The van der Waals surface area contributed by atoms with E-state index in [0.717, 1.165) is 6.54 Å². The molecule has 3 heteroatoms. The molecule has 0 radical (unpaired) electrons. The van der Waals surface area contributed by atoms with Gasteiger partial charge in [0.05, 0.1) is 0 Å². The van der Waals surface area contributed by atoms with E-state index in [1.807, 2.05) is 11.3 Å². The van der Waals surface area contributed by atoms with Crippen LogP contribution in [0.25, 0.3) is 0 Å². The Labute approximate surface area is 96.5 Å². The fourth-order valence-electron chi connectivity index (χ4n) is 2.06. The molecule has 0 unspecified atom stereocenters. The summed E-state index contributed by atoms with van der Waals surface area (Å²) in [6.07, 6.45) is 0. The molecule has 0 amide bonds. The molecule has 0 bridgehead atoms. The van der Waals surface area contributed by atoms with Crippen molar-refractivity contribution in [2.45, 2.75) is 26.4 Å². The lowest BCUT2D eigenvalue weighted by atomic mass is 10.2. The highest BCUT2D eigenvalue weighted by Crippen LogP contribution is 2.14. The van der Waals surface area contributed by atoms with E-state index in [1.165, 1.54) is 31.1 Å². The number of piperazine rings is 1. The summed E-state index contributed by atoms with van der Waals surface area (Å²) in [5, 5.41) is 2.17. The second-order valence-electron chi connectivity index (χ2n) is 4.49. The van der Waals surface area contributed by atoms with E-state index in [1.54, 1.807) is 0 Å². The van der Waals surface area contributed by atoms with E-state index in [-0.39, 0.29) is 0 Å². The molecule has 2 rings (SSSR count). The van der Waals surface area contributed by atoms with Gasteiger partial charge in [0.1, 0.15) is 0 Å². The van der Waals surface area contributed by atoms with Crippen LogP contribution < -0.4 is 0 Å². The first-order valence-electron chi connectivity index (χ1n) is 5.74. The lowest BCUT2D eigenvalue weighted by Gasteiger charge is -2.36. The fraction of sp³-hybridized carbons (Fsp3) is 0.667. The summed E-state index contributed by atoms with van der Waals surface area (Å²) in [7, 11) is 0. The molecule has 15 heavy (non-hydrogen) atoms. The maximum absolute atomic E-state index is 2.56. The van der Waals surface area contributed by atoms with Crippen LogP contribution in [0.5, 0.6) is 0 Å². The third-order valence-electron chi connectivity index (χ3n) is 3.10. The Morgan fingerprint density at radius 1 is 1.27 bits per heavy atom. The number of thiophene rings is 1. The fourth-order valence-corrected chi connectivity index (χ4v) is 2.81. The second-order valence-corrected chi connectivity index (χ2v) is 5.52. The molecule has 0 atom stereocenters. The van der Waals surface area contributed by atoms with Gasteiger partial charge in [-0.25, -0.2) is 0 Å². The zero-order chi connectivity index (χ0) is 10.7. The molecule has 1 saturated heterocycles. The minimum atomic E-state index is 0.703. The quantitative estimate of drug-likeness (QED) is 0.777. The summed E-state index contributed by atoms with van der Waals surface area (Å²) in [6.45, 7) is 10.6. The van der Waals surface area contributed by atoms with Crippen LogP contribution in [0.3, 0.4) is 0 Å². The first-order valence-corrected chi connectivity index (χ1v) is 6.62. The maximum Gasteiger partial charge on any atom is 0.0328 e. The summed E-state index contributed by atoms with van der Waals surface area (Å²) in [6, 6.07) is 5.08. The maximum atomic E-state index is 2.56. The summed E-state index contributed by atoms with van der Waals surface area (Å²) in [5.74, 6) is 0. The molecular formula is C12H20N2S. The van der Waals surface area contributed by atoms with Gasteiger partial charge in [0.2, 0.25) is 0 Å². The van der Waals surface area contributed by atoms with Gasteiger partial charge in [-0.05, 0) is 25.3 Å². The molecule has 2 nitrogen and oxygen atoms in total. The van der Waals surface area contributed by atoms with Gasteiger partial charge in [-0.15, -0.1) is 11.3 Å². The largest absolute Gasteiger partial charge is 0.298 e. The smallest absolute Gasteiger partial charge is 0.0328 e. The molecule has 0 N–H and O–H groups in total. The van der Waals surface area contributed by atoms with Gasteiger partial charge in [0, 0.05) is 43.6 Å². The van der Waals surface area contributed by atoms with Gasteiger partial charge in [0.25, 0.3) is 0 Å². The van der Waals surface area contributed by atoms with Gasteiger partial charge in [-0.2, -0.15) is 0 Å². The van der Waals surface area contributed by atoms with Crippen molar-refractivity contribution in [3.63, 3.8) is 0 Å². The predicted octanol–water partition coefficient (Wildman–Crippen LogP) is 2.27. The van der Waals surface area contributed by atoms with Crippen LogP contribution in [0, 0.1) is 0 Å². The van der Waals surface area contributed by atoms with Gasteiger partial charge in [-0.3, -0.25) is 9.80 Å². The van der Waals surface area contributed by atoms with Crippen LogP contribution >= 0.6 is 11.3 Å². The molecule has 0 aromatic carbocycles. The van der Waals surface area contributed by atoms with Crippen molar-refractivity contribution in [1.29, 1.82) is 0 Å². The summed E-state index contributed by atoms with van der Waals surface area (Å²) < 4.78 is 0. The van der Waals surface area contributed by atoms with Gasteiger partial charge < -0.3 is 0 Å². The molecule has 1 aliphatic heterocycles. The van der Waals surface area contributed by atoms with Crippen molar-refractivity contribution in [1.82, 2.24) is 9.80 Å². The van der Waals surface area contributed by atoms with E-state index in [0.29, 0.717) is 6.04 Å². The Bertz CT molecular complexity index is 274. The summed E-state index contributed by atoms with van der Waals surface area (Å²) in [4.78, 5) is 6.61. The summed E-state index contributed by atoms with van der Waals surface area (Å²) >= 11 is 1.87. The lowest BCUT2D eigenvalue weighted by Crippen LogP contribution is -2.48. The minimum Gasteiger partial charge on any atom is -0.298 e. The van der Waals surface area contributed by atoms with E-state index >= 15 is 0 Å². The zero-order valence-corrected chi connectivity index (χ0v) is 10.5. The van der Waals surface area contributed by atoms with Crippen molar-refractivity contribution >= 4 is 11.3 Å². The van der Waals surface area contributed by atoms with E-state index in [2.05, 4.69) is 41.2 Å². The van der Waals surface area contributed by atoms with Crippen LogP contribution in [-0.2, 0) is 6.54 Å². The summed E-state index contributed by atoms with van der Waals surface area (Å²) in [5.41, 5.74) is 0. The highest BCUT2D eigenvalue weighted by molar-refractivity contribution is 7.09. The Balaban J connectivity index is 1.79. The Hall–Kier alpha value is -0.380.